The van der Waals surface area contributed by atoms with E-state index in [-0.39, 0.29) is 11.3 Å². The van der Waals surface area contributed by atoms with E-state index in [0.717, 1.165) is 11.9 Å². The second-order valence-electron chi connectivity index (χ2n) is 6.02. The van der Waals surface area contributed by atoms with Crippen molar-refractivity contribution in [3.63, 3.8) is 0 Å². The van der Waals surface area contributed by atoms with Crippen molar-refractivity contribution in [3.05, 3.63) is 35.6 Å². The summed E-state index contributed by atoms with van der Waals surface area (Å²) in [7, 11) is 4.05. The lowest BCUT2D eigenvalue weighted by Gasteiger charge is -2.32. The fourth-order valence-corrected chi connectivity index (χ4v) is 2.10. The third-order valence-electron chi connectivity index (χ3n) is 3.96. The van der Waals surface area contributed by atoms with E-state index in [1.165, 1.54) is 0 Å². The van der Waals surface area contributed by atoms with Gasteiger partial charge in [0.1, 0.15) is 5.58 Å². The van der Waals surface area contributed by atoms with Gasteiger partial charge in [0.15, 0.2) is 0 Å². The molecule has 0 amide bonds. The van der Waals surface area contributed by atoms with Crippen LogP contribution in [0.4, 0.5) is 0 Å². The van der Waals surface area contributed by atoms with Crippen molar-refractivity contribution in [3.8, 4) is 0 Å². The second-order valence-corrected chi connectivity index (χ2v) is 6.02. The topological polar surface area (TPSA) is 65.7 Å². The summed E-state index contributed by atoms with van der Waals surface area (Å²) >= 11 is 0. The van der Waals surface area contributed by atoms with E-state index >= 15 is 0 Å². The minimum Gasteiger partial charge on any atom is -0.475 e. The van der Waals surface area contributed by atoms with Crippen molar-refractivity contribution in [2.45, 2.75) is 25.9 Å². The Morgan fingerprint density at radius 2 is 2.00 bits per heavy atom. The zero-order valence-corrected chi connectivity index (χ0v) is 12.9. The molecule has 21 heavy (non-hydrogen) atoms. The molecule has 1 aromatic carbocycles. The molecule has 2 rings (SSSR count). The molecular weight excluding hydrogens is 268 g/mol. The SMILES string of the molecule is CN(C)C(C)(C)CNCc1c(C(=O)O)oc2ccccc12. The van der Waals surface area contributed by atoms with Crippen LogP contribution in [0.2, 0.25) is 0 Å². The first-order valence-corrected chi connectivity index (χ1v) is 6.95. The summed E-state index contributed by atoms with van der Waals surface area (Å²) in [4.78, 5) is 13.5. The quantitative estimate of drug-likeness (QED) is 0.856. The van der Waals surface area contributed by atoms with Gasteiger partial charge in [-0.3, -0.25) is 0 Å². The first-order chi connectivity index (χ1) is 9.83. The maximum Gasteiger partial charge on any atom is 0.372 e. The van der Waals surface area contributed by atoms with Gasteiger partial charge in [-0.15, -0.1) is 0 Å². The first-order valence-electron chi connectivity index (χ1n) is 6.95. The lowest BCUT2D eigenvalue weighted by atomic mass is 10.0. The number of furan rings is 1. The zero-order chi connectivity index (χ0) is 15.6. The highest BCUT2D eigenvalue weighted by molar-refractivity contribution is 5.95. The van der Waals surface area contributed by atoms with Crippen molar-refractivity contribution >= 4 is 16.9 Å². The Labute approximate surface area is 124 Å². The van der Waals surface area contributed by atoms with Gasteiger partial charge in [-0.25, -0.2) is 4.79 Å². The molecule has 0 aliphatic heterocycles. The number of nitrogens with one attached hydrogen (secondary N) is 1. The number of para-hydroxylation sites is 1. The van der Waals surface area contributed by atoms with E-state index in [1.54, 1.807) is 6.07 Å². The summed E-state index contributed by atoms with van der Waals surface area (Å²) in [5.41, 5.74) is 1.30. The van der Waals surface area contributed by atoms with Crippen LogP contribution in [0.1, 0.15) is 30.0 Å². The van der Waals surface area contributed by atoms with Crippen molar-refractivity contribution in [1.29, 1.82) is 0 Å². The van der Waals surface area contributed by atoms with E-state index in [4.69, 9.17) is 4.42 Å². The molecule has 5 nitrogen and oxygen atoms in total. The molecule has 0 aliphatic carbocycles. The number of likely N-dealkylation sites (N-methyl/N-ethyl adjacent to an activating group) is 1. The molecule has 2 N–H and O–H groups in total. The summed E-state index contributed by atoms with van der Waals surface area (Å²) in [6.45, 7) is 5.48. The molecule has 0 unspecified atom stereocenters. The number of aromatic carboxylic acids is 1. The second kappa shape index (κ2) is 5.87. The monoisotopic (exact) mass is 290 g/mol. The predicted octanol–water partition coefficient (Wildman–Crippen LogP) is 2.56. The van der Waals surface area contributed by atoms with Gasteiger partial charge in [0.25, 0.3) is 0 Å². The van der Waals surface area contributed by atoms with Crippen LogP contribution >= 0.6 is 0 Å². The van der Waals surface area contributed by atoms with Crippen molar-refractivity contribution in [2.24, 2.45) is 0 Å². The van der Waals surface area contributed by atoms with E-state index in [0.29, 0.717) is 17.7 Å². The Kier molecular flexibility index (Phi) is 4.34. The van der Waals surface area contributed by atoms with Crippen LogP contribution in [-0.2, 0) is 6.54 Å². The highest BCUT2D eigenvalue weighted by atomic mass is 16.4. The van der Waals surface area contributed by atoms with Gasteiger partial charge in [-0.1, -0.05) is 18.2 Å². The maximum atomic E-state index is 11.3. The highest BCUT2D eigenvalue weighted by Gasteiger charge is 2.22. The van der Waals surface area contributed by atoms with Gasteiger partial charge >= 0.3 is 5.97 Å². The van der Waals surface area contributed by atoms with Crippen LogP contribution < -0.4 is 5.32 Å². The summed E-state index contributed by atoms with van der Waals surface area (Å²) in [6, 6.07) is 7.40. The van der Waals surface area contributed by atoms with Crippen molar-refractivity contribution < 1.29 is 14.3 Å². The number of hydrogen-bond acceptors (Lipinski definition) is 4. The minimum atomic E-state index is -1.03. The van der Waals surface area contributed by atoms with Crippen LogP contribution in [0.5, 0.6) is 0 Å². The molecule has 0 fully saturated rings. The Morgan fingerprint density at radius 3 is 2.62 bits per heavy atom. The lowest BCUT2D eigenvalue weighted by Crippen LogP contribution is -2.46. The number of carboxylic acids is 1. The molecule has 0 bridgehead atoms. The number of fused-ring (bicyclic) bond motifs is 1. The van der Waals surface area contributed by atoms with Gasteiger partial charge in [-0.2, -0.15) is 0 Å². The summed E-state index contributed by atoms with van der Waals surface area (Å²) in [6.07, 6.45) is 0. The van der Waals surface area contributed by atoms with Gasteiger partial charge in [0.05, 0.1) is 0 Å². The van der Waals surface area contributed by atoms with Crippen LogP contribution in [0.15, 0.2) is 28.7 Å². The first kappa shape index (κ1) is 15.5. The van der Waals surface area contributed by atoms with Gasteiger partial charge in [-0.05, 0) is 34.0 Å². The molecule has 0 spiro atoms. The molecule has 0 atom stereocenters. The fraction of sp³-hybridized carbons (Fsp3) is 0.438. The number of carboxylic acid groups (broad SMARTS) is 1. The number of benzene rings is 1. The van der Waals surface area contributed by atoms with E-state index in [2.05, 4.69) is 24.1 Å². The summed E-state index contributed by atoms with van der Waals surface area (Å²) in [5, 5.41) is 13.5. The average molecular weight is 290 g/mol. The van der Waals surface area contributed by atoms with Crippen LogP contribution in [0, 0.1) is 0 Å². The van der Waals surface area contributed by atoms with Gasteiger partial charge in [0, 0.05) is 29.6 Å². The molecule has 0 aliphatic rings. The van der Waals surface area contributed by atoms with Crippen LogP contribution in [-0.4, -0.2) is 42.2 Å². The molecular formula is C16H22N2O3. The smallest absolute Gasteiger partial charge is 0.372 e. The van der Waals surface area contributed by atoms with Gasteiger partial charge in [0.2, 0.25) is 5.76 Å². The van der Waals surface area contributed by atoms with Crippen LogP contribution in [0.3, 0.4) is 0 Å². The Morgan fingerprint density at radius 1 is 1.33 bits per heavy atom. The molecule has 5 heteroatoms. The largest absolute Gasteiger partial charge is 0.475 e. The lowest BCUT2D eigenvalue weighted by molar-refractivity contribution is 0.0663. The third-order valence-corrected chi connectivity index (χ3v) is 3.96. The Balaban J connectivity index is 2.21. The zero-order valence-electron chi connectivity index (χ0n) is 12.9. The normalized spacial score (nSPS) is 12.2. The molecule has 1 heterocycles. The number of carbonyl (C=O) groups is 1. The minimum absolute atomic E-state index is 0.0110. The molecule has 114 valence electrons. The average Bonchev–Trinajstić information content (AvgIpc) is 2.78. The fourth-order valence-electron chi connectivity index (χ4n) is 2.10. The number of rotatable bonds is 6. The van der Waals surface area contributed by atoms with Crippen molar-refractivity contribution in [1.82, 2.24) is 10.2 Å². The third kappa shape index (κ3) is 3.25. The van der Waals surface area contributed by atoms with E-state index in [1.807, 2.05) is 32.3 Å². The van der Waals surface area contributed by atoms with E-state index < -0.39 is 5.97 Å². The highest BCUT2D eigenvalue weighted by Crippen LogP contribution is 2.26. The summed E-state index contributed by atoms with van der Waals surface area (Å²) < 4.78 is 5.44. The number of nitrogens with zero attached hydrogens (tertiary/aromatic N) is 1. The molecule has 2 aromatic rings. The van der Waals surface area contributed by atoms with E-state index in [9.17, 15) is 9.90 Å². The van der Waals surface area contributed by atoms with Crippen molar-refractivity contribution in [2.75, 3.05) is 20.6 Å². The number of hydrogen-bond donors (Lipinski definition) is 2. The van der Waals surface area contributed by atoms with Crippen LogP contribution in [0.25, 0.3) is 11.0 Å². The maximum absolute atomic E-state index is 11.3. The molecule has 1 aromatic heterocycles. The molecule has 0 radical (unpaired) electrons. The Hall–Kier alpha value is -1.85. The predicted molar refractivity (Wildman–Crippen MR) is 82.6 cm³/mol. The van der Waals surface area contributed by atoms with Gasteiger partial charge < -0.3 is 19.7 Å². The molecule has 0 saturated carbocycles. The standard InChI is InChI=1S/C16H22N2O3/c1-16(2,18(3)4)10-17-9-12-11-7-5-6-8-13(11)21-14(12)15(19)20/h5-8,17H,9-10H2,1-4H3,(H,19,20). The molecule has 0 saturated heterocycles. The Bertz CT molecular complexity index is 644. The summed E-state index contributed by atoms with van der Waals surface area (Å²) in [5.74, 6) is -1.01.